The highest BCUT2D eigenvalue weighted by atomic mass is 16.3. The number of nitrogens with zero attached hydrogens (tertiary/aromatic N) is 3. The number of hydrogen-bond acceptors (Lipinski definition) is 6. The molecule has 0 aromatic carbocycles. The number of aromatic nitrogens is 3. The standard InChI is InChI=1S/C13H20N6O/c14-18-11-7-19-6-5-15-13(19)12(17-11)16-10-4-2-1-3-9(10)8-20/h5-7,9-10,18,20H,1-4,8,14H2,(H,16,17). The maximum atomic E-state index is 9.50. The van der Waals surface area contributed by atoms with Crippen molar-refractivity contribution < 1.29 is 5.11 Å². The quantitative estimate of drug-likeness (QED) is 0.490. The van der Waals surface area contributed by atoms with E-state index in [0.29, 0.717) is 11.6 Å². The van der Waals surface area contributed by atoms with Crippen LogP contribution in [0.15, 0.2) is 18.6 Å². The van der Waals surface area contributed by atoms with Crippen LogP contribution in [0.4, 0.5) is 11.6 Å². The minimum Gasteiger partial charge on any atom is -0.396 e. The zero-order valence-electron chi connectivity index (χ0n) is 11.3. The third-order valence-corrected chi connectivity index (χ3v) is 3.99. The second-order valence-corrected chi connectivity index (χ2v) is 5.26. The Morgan fingerprint density at radius 1 is 1.40 bits per heavy atom. The van der Waals surface area contributed by atoms with Gasteiger partial charge >= 0.3 is 0 Å². The third-order valence-electron chi connectivity index (χ3n) is 3.99. The smallest absolute Gasteiger partial charge is 0.180 e. The molecule has 1 aliphatic carbocycles. The van der Waals surface area contributed by atoms with Crippen molar-refractivity contribution in [3.63, 3.8) is 0 Å². The Hall–Kier alpha value is -1.86. The molecule has 0 spiro atoms. The number of nitrogen functional groups attached to an aromatic ring is 1. The van der Waals surface area contributed by atoms with Gasteiger partial charge in [-0.15, -0.1) is 0 Å². The monoisotopic (exact) mass is 276 g/mol. The summed E-state index contributed by atoms with van der Waals surface area (Å²) in [6.07, 6.45) is 9.82. The maximum Gasteiger partial charge on any atom is 0.180 e. The molecule has 7 heteroatoms. The first-order valence-electron chi connectivity index (χ1n) is 6.99. The van der Waals surface area contributed by atoms with Crippen LogP contribution in [0.3, 0.4) is 0 Å². The van der Waals surface area contributed by atoms with Gasteiger partial charge in [0.2, 0.25) is 0 Å². The third kappa shape index (κ3) is 2.41. The second kappa shape index (κ2) is 5.64. The Labute approximate surface area is 117 Å². The Morgan fingerprint density at radius 3 is 3.05 bits per heavy atom. The minimum atomic E-state index is 0.206. The molecule has 1 fully saturated rings. The summed E-state index contributed by atoms with van der Waals surface area (Å²) < 4.78 is 1.88. The Kier molecular flexibility index (Phi) is 3.70. The van der Waals surface area contributed by atoms with Gasteiger partial charge in [0.05, 0.1) is 6.20 Å². The largest absolute Gasteiger partial charge is 0.396 e. The highest BCUT2D eigenvalue weighted by Crippen LogP contribution is 2.28. The molecule has 1 saturated carbocycles. The first-order chi connectivity index (χ1) is 9.81. The van der Waals surface area contributed by atoms with Crippen LogP contribution in [0.5, 0.6) is 0 Å². The summed E-state index contributed by atoms with van der Waals surface area (Å²) in [7, 11) is 0. The van der Waals surface area contributed by atoms with Gasteiger partial charge in [-0.1, -0.05) is 12.8 Å². The number of aliphatic hydroxyl groups is 1. The van der Waals surface area contributed by atoms with E-state index in [4.69, 9.17) is 5.84 Å². The lowest BCUT2D eigenvalue weighted by Gasteiger charge is -2.31. The molecule has 20 heavy (non-hydrogen) atoms. The minimum absolute atomic E-state index is 0.206. The summed E-state index contributed by atoms with van der Waals surface area (Å²) in [4.78, 5) is 8.76. The van der Waals surface area contributed by atoms with E-state index in [1.807, 2.05) is 10.6 Å². The van der Waals surface area contributed by atoms with Gasteiger partial charge in [0.25, 0.3) is 0 Å². The molecule has 1 aliphatic rings. The lowest BCUT2D eigenvalue weighted by atomic mass is 9.85. The van der Waals surface area contributed by atoms with Crippen LogP contribution < -0.4 is 16.6 Å². The van der Waals surface area contributed by atoms with Crippen molar-refractivity contribution in [1.82, 2.24) is 14.4 Å². The summed E-state index contributed by atoms with van der Waals surface area (Å²) in [5.41, 5.74) is 3.33. The number of hydrazine groups is 1. The van der Waals surface area contributed by atoms with E-state index in [-0.39, 0.29) is 18.6 Å². The lowest BCUT2D eigenvalue weighted by molar-refractivity contribution is 0.178. The lowest BCUT2D eigenvalue weighted by Crippen LogP contribution is -2.34. The molecule has 2 aromatic rings. The number of nitrogens with two attached hydrogens (primary N) is 1. The molecule has 0 amide bonds. The van der Waals surface area contributed by atoms with Crippen LogP contribution in [0.1, 0.15) is 25.7 Å². The van der Waals surface area contributed by atoms with Gasteiger partial charge in [-0.2, -0.15) is 0 Å². The summed E-state index contributed by atoms with van der Waals surface area (Å²) in [5.74, 6) is 7.01. The van der Waals surface area contributed by atoms with E-state index in [9.17, 15) is 5.11 Å². The van der Waals surface area contributed by atoms with Crippen LogP contribution in [-0.4, -0.2) is 32.1 Å². The van der Waals surface area contributed by atoms with Gasteiger partial charge in [-0.3, -0.25) is 0 Å². The number of rotatable bonds is 4. The van der Waals surface area contributed by atoms with Crippen molar-refractivity contribution in [1.29, 1.82) is 0 Å². The van der Waals surface area contributed by atoms with E-state index >= 15 is 0 Å². The normalized spacial score (nSPS) is 22.9. The molecule has 5 N–H and O–H groups in total. The van der Waals surface area contributed by atoms with Gasteiger partial charge in [-0.25, -0.2) is 15.8 Å². The molecule has 0 bridgehead atoms. The molecule has 3 rings (SSSR count). The number of anilines is 2. The molecule has 7 nitrogen and oxygen atoms in total. The van der Waals surface area contributed by atoms with Crippen molar-refractivity contribution in [3.05, 3.63) is 18.6 Å². The SMILES string of the molecule is NNc1cn2ccnc2c(NC2CCCCC2CO)n1. The fourth-order valence-electron chi connectivity index (χ4n) is 2.89. The molecule has 0 radical (unpaired) electrons. The van der Waals surface area contributed by atoms with Gasteiger partial charge in [0, 0.05) is 31.0 Å². The Morgan fingerprint density at radius 2 is 2.25 bits per heavy atom. The van der Waals surface area contributed by atoms with Crippen LogP contribution >= 0.6 is 0 Å². The molecular formula is C13H20N6O. The van der Waals surface area contributed by atoms with Crippen molar-refractivity contribution in [3.8, 4) is 0 Å². The first-order valence-corrected chi connectivity index (χ1v) is 6.99. The van der Waals surface area contributed by atoms with E-state index in [1.54, 1.807) is 12.4 Å². The maximum absolute atomic E-state index is 9.50. The predicted octanol–water partition coefficient (Wildman–Crippen LogP) is 0.978. The van der Waals surface area contributed by atoms with Crippen molar-refractivity contribution >= 4 is 17.3 Å². The van der Waals surface area contributed by atoms with Crippen molar-refractivity contribution in [2.45, 2.75) is 31.7 Å². The summed E-state index contributed by atoms with van der Waals surface area (Å²) in [6.45, 7) is 0.206. The second-order valence-electron chi connectivity index (χ2n) is 5.26. The summed E-state index contributed by atoms with van der Waals surface area (Å²) >= 11 is 0. The number of nitrogens with one attached hydrogen (secondary N) is 2. The van der Waals surface area contributed by atoms with E-state index < -0.39 is 0 Å². The molecule has 2 atom stereocenters. The topological polar surface area (TPSA) is 100 Å². The number of imidazole rings is 1. The first kappa shape index (κ1) is 13.1. The van der Waals surface area contributed by atoms with E-state index in [2.05, 4.69) is 20.7 Å². The molecule has 108 valence electrons. The highest BCUT2D eigenvalue weighted by molar-refractivity contribution is 5.65. The van der Waals surface area contributed by atoms with Crippen LogP contribution in [0.2, 0.25) is 0 Å². The molecule has 2 aromatic heterocycles. The van der Waals surface area contributed by atoms with E-state index in [1.165, 1.54) is 12.8 Å². The number of hydrogen-bond donors (Lipinski definition) is 4. The highest BCUT2D eigenvalue weighted by Gasteiger charge is 2.25. The fraction of sp³-hybridized carbons (Fsp3) is 0.538. The summed E-state index contributed by atoms with van der Waals surface area (Å²) in [5, 5.41) is 12.9. The number of fused-ring (bicyclic) bond motifs is 1. The molecular weight excluding hydrogens is 256 g/mol. The van der Waals surface area contributed by atoms with Crippen LogP contribution in [0, 0.1) is 5.92 Å². The molecule has 2 unspecified atom stereocenters. The predicted molar refractivity (Wildman–Crippen MR) is 77.3 cm³/mol. The average Bonchev–Trinajstić information content (AvgIpc) is 2.96. The van der Waals surface area contributed by atoms with Crippen LogP contribution in [0.25, 0.3) is 5.65 Å². The molecule has 0 aliphatic heterocycles. The van der Waals surface area contributed by atoms with Gasteiger partial charge in [0.1, 0.15) is 0 Å². The van der Waals surface area contributed by atoms with Crippen molar-refractivity contribution in [2.75, 3.05) is 17.3 Å². The Balaban J connectivity index is 1.90. The zero-order valence-corrected chi connectivity index (χ0v) is 11.3. The Bertz CT molecular complexity index is 583. The van der Waals surface area contributed by atoms with E-state index in [0.717, 1.165) is 18.5 Å². The van der Waals surface area contributed by atoms with Gasteiger partial charge in [-0.05, 0) is 12.8 Å². The van der Waals surface area contributed by atoms with Gasteiger partial charge < -0.3 is 20.2 Å². The van der Waals surface area contributed by atoms with Crippen molar-refractivity contribution in [2.24, 2.45) is 11.8 Å². The number of aliphatic hydroxyl groups excluding tert-OH is 1. The van der Waals surface area contributed by atoms with Gasteiger partial charge in [0.15, 0.2) is 17.3 Å². The molecule has 0 saturated heterocycles. The summed E-state index contributed by atoms with van der Waals surface area (Å²) in [6, 6.07) is 0.231. The van der Waals surface area contributed by atoms with Crippen LogP contribution in [-0.2, 0) is 0 Å². The molecule has 2 heterocycles. The fourth-order valence-corrected chi connectivity index (χ4v) is 2.89. The average molecular weight is 276 g/mol. The zero-order chi connectivity index (χ0) is 13.9.